The zero-order chi connectivity index (χ0) is 27.2. The van der Waals surface area contributed by atoms with Crippen molar-refractivity contribution in [2.45, 2.75) is 44.7 Å². The second-order valence-corrected chi connectivity index (χ2v) is 11.1. The Hall–Kier alpha value is -3.36. The highest BCUT2D eigenvalue weighted by atomic mass is 35.5. The van der Waals surface area contributed by atoms with E-state index in [9.17, 15) is 18.0 Å². The van der Waals surface area contributed by atoms with E-state index in [4.69, 9.17) is 11.6 Å². The van der Waals surface area contributed by atoms with Gasteiger partial charge in [0.1, 0.15) is 12.6 Å². The van der Waals surface area contributed by atoms with Gasteiger partial charge in [0.2, 0.25) is 11.8 Å². The van der Waals surface area contributed by atoms with Crippen LogP contribution < -0.4 is 9.62 Å². The zero-order valence-electron chi connectivity index (χ0n) is 21.4. The number of nitrogens with zero attached hydrogens (tertiary/aromatic N) is 2. The van der Waals surface area contributed by atoms with Gasteiger partial charge in [-0.2, -0.15) is 0 Å². The van der Waals surface area contributed by atoms with Crippen LogP contribution in [0.15, 0.2) is 77.7 Å². The standard InChI is InChI=1S/C28H32ClN3O4S/c1-5-25(28(34)30-4)31(18-22-11-9-10-20(2)16-22)27(33)19-32(26-17-23(29)15-14-21(26)3)37(35,36)24-12-7-6-8-13-24/h6-17,25H,5,18-19H2,1-4H3,(H,30,34)/t25-/m0/s1. The van der Waals surface area contributed by atoms with E-state index in [2.05, 4.69) is 5.32 Å². The molecule has 0 aliphatic rings. The first-order valence-electron chi connectivity index (χ1n) is 12.0. The molecule has 0 fully saturated rings. The second kappa shape index (κ2) is 12.3. The van der Waals surface area contributed by atoms with Crippen molar-refractivity contribution in [3.05, 3.63) is 94.5 Å². The van der Waals surface area contributed by atoms with Gasteiger partial charge in [-0.1, -0.05) is 72.6 Å². The van der Waals surface area contributed by atoms with E-state index >= 15 is 0 Å². The fourth-order valence-corrected chi connectivity index (χ4v) is 5.84. The van der Waals surface area contributed by atoms with Crippen LogP contribution in [0.4, 0.5) is 5.69 Å². The highest BCUT2D eigenvalue weighted by molar-refractivity contribution is 7.92. The molecule has 37 heavy (non-hydrogen) atoms. The minimum Gasteiger partial charge on any atom is -0.357 e. The lowest BCUT2D eigenvalue weighted by atomic mass is 10.1. The molecule has 2 amide bonds. The molecule has 3 aromatic carbocycles. The number of sulfonamides is 1. The van der Waals surface area contributed by atoms with Crippen LogP contribution >= 0.6 is 11.6 Å². The Morgan fingerprint density at radius 1 is 0.973 bits per heavy atom. The van der Waals surface area contributed by atoms with Crippen LogP contribution in [0.5, 0.6) is 0 Å². The van der Waals surface area contributed by atoms with E-state index in [-0.39, 0.29) is 17.3 Å². The highest BCUT2D eigenvalue weighted by Crippen LogP contribution is 2.30. The monoisotopic (exact) mass is 541 g/mol. The molecule has 0 radical (unpaired) electrons. The summed E-state index contributed by atoms with van der Waals surface area (Å²) in [4.78, 5) is 28.2. The Morgan fingerprint density at radius 3 is 2.30 bits per heavy atom. The van der Waals surface area contributed by atoms with Crippen LogP contribution in [0.25, 0.3) is 0 Å². The molecule has 0 aliphatic carbocycles. The van der Waals surface area contributed by atoms with Crippen LogP contribution in [0, 0.1) is 13.8 Å². The van der Waals surface area contributed by atoms with Crippen molar-refractivity contribution in [1.82, 2.24) is 10.2 Å². The minimum absolute atomic E-state index is 0.0470. The SMILES string of the molecule is CC[C@@H](C(=O)NC)N(Cc1cccc(C)c1)C(=O)CN(c1cc(Cl)ccc1C)S(=O)(=O)c1ccccc1. The number of carbonyl (C=O) groups is 2. The molecule has 0 aromatic heterocycles. The Morgan fingerprint density at radius 2 is 1.68 bits per heavy atom. The van der Waals surface area contributed by atoms with Gasteiger partial charge in [-0.25, -0.2) is 8.42 Å². The van der Waals surface area contributed by atoms with Gasteiger partial charge < -0.3 is 10.2 Å². The van der Waals surface area contributed by atoms with Crippen molar-refractivity contribution in [3.63, 3.8) is 0 Å². The number of halogens is 1. The highest BCUT2D eigenvalue weighted by Gasteiger charge is 2.34. The molecular weight excluding hydrogens is 510 g/mol. The maximum Gasteiger partial charge on any atom is 0.264 e. The third kappa shape index (κ3) is 6.70. The molecule has 7 nitrogen and oxygen atoms in total. The third-order valence-corrected chi connectivity index (χ3v) is 8.13. The summed E-state index contributed by atoms with van der Waals surface area (Å²) < 4.78 is 28.7. The second-order valence-electron chi connectivity index (χ2n) is 8.80. The van der Waals surface area contributed by atoms with Crippen molar-refractivity contribution in [1.29, 1.82) is 0 Å². The first-order chi connectivity index (χ1) is 17.6. The predicted molar refractivity (Wildman–Crippen MR) is 147 cm³/mol. The number of hydrogen-bond donors (Lipinski definition) is 1. The molecule has 0 heterocycles. The van der Waals surface area contributed by atoms with Gasteiger partial charge in [-0.15, -0.1) is 0 Å². The molecule has 0 unspecified atom stereocenters. The average Bonchev–Trinajstić information content (AvgIpc) is 2.88. The summed E-state index contributed by atoms with van der Waals surface area (Å²) in [6.07, 6.45) is 0.360. The van der Waals surface area contributed by atoms with E-state index in [0.717, 1.165) is 15.4 Å². The summed E-state index contributed by atoms with van der Waals surface area (Å²) in [6.45, 7) is 5.17. The van der Waals surface area contributed by atoms with Crippen molar-refractivity contribution < 1.29 is 18.0 Å². The number of nitrogens with one attached hydrogen (secondary N) is 1. The number of likely N-dealkylation sites (N-methyl/N-ethyl adjacent to an activating group) is 1. The Balaban J connectivity index is 2.10. The molecule has 3 rings (SSSR count). The third-order valence-electron chi connectivity index (χ3n) is 6.12. The molecule has 1 N–H and O–H groups in total. The largest absolute Gasteiger partial charge is 0.357 e. The summed E-state index contributed by atoms with van der Waals surface area (Å²) in [5.41, 5.74) is 2.79. The van der Waals surface area contributed by atoms with Crippen molar-refractivity contribution in [2.75, 3.05) is 17.9 Å². The fourth-order valence-electron chi connectivity index (χ4n) is 4.18. The van der Waals surface area contributed by atoms with Crippen LogP contribution in [0.3, 0.4) is 0 Å². The van der Waals surface area contributed by atoms with Gasteiger partial charge in [0.05, 0.1) is 10.6 Å². The Bertz CT molecular complexity index is 1360. The number of benzene rings is 3. The molecule has 0 bridgehead atoms. The van der Waals surface area contributed by atoms with Crippen LogP contribution in [0.1, 0.15) is 30.0 Å². The van der Waals surface area contributed by atoms with Gasteiger partial charge in [-0.3, -0.25) is 13.9 Å². The van der Waals surface area contributed by atoms with E-state index < -0.39 is 28.5 Å². The minimum atomic E-state index is -4.13. The smallest absolute Gasteiger partial charge is 0.264 e. The first-order valence-corrected chi connectivity index (χ1v) is 13.8. The zero-order valence-corrected chi connectivity index (χ0v) is 23.0. The van der Waals surface area contributed by atoms with Crippen LogP contribution in [-0.2, 0) is 26.2 Å². The van der Waals surface area contributed by atoms with E-state index in [0.29, 0.717) is 22.7 Å². The normalized spacial score (nSPS) is 12.0. The molecule has 196 valence electrons. The summed E-state index contributed by atoms with van der Waals surface area (Å²) in [6, 6.07) is 19.7. The average molecular weight is 542 g/mol. The number of rotatable bonds is 10. The van der Waals surface area contributed by atoms with Gasteiger partial charge in [0.25, 0.3) is 10.0 Å². The maximum atomic E-state index is 13.9. The van der Waals surface area contributed by atoms with Crippen molar-refractivity contribution in [3.8, 4) is 0 Å². The van der Waals surface area contributed by atoms with Crippen LogP contribution in [-0.4, -0.2) is 44.8 Å². The number of carbonyl (C=O) groups excluding carboxylic acids is 2. The lowest BCUT2D eigenvalue weighted by Crippen LogP contribution is -2.51. The first kappa shape index (κ1) is 28.2. The summed E-state index contributed by atoms with van der Waals surface area (Å²) in [5, 5.41) is 2.97. The van der Waals surface area contributed by atoms with E-state index in [1.54, 1.807) is 37.3 Å². The molecule has 9 heteroatoms. The predicted octanol–water partition coefficient (Wildman–Crippen LogP) is 4.71. The van der Waals surface area contributed by atoms with Crippen molar-refractivity contribution >= 4 is 39.1 Å². The lowest BCUT2D eigenvalue weighted by Gasteiger charge is -2.33. The Kier molecular flexibility index (Phi) is 9.34. The number of anilines is 1. The summed E-state index contributed by atoms with van der Waals surface area (Å²) in [7, 11) is -2.62. The molecular formula is C28H32ClN3O4S. The van der Waals surface area contributed by atoms with Crippen LogP contribution in [0.2, 0.25) is 5.02 Å². The molecule has 0 saturated heterocycles. The van der Waals surface area contributed by atoms with E-state index in [1.165, 1.54) is 30.1 Å². The topological polar surface area (TPSA) is 86.8 Å². The molecule has 3 aromatic rings. The molecule has 0 spiro atoms. The molecule has 0 aliphatic heterocycles. The molecule has 0 saturated carbocycles. The van der Waals surface area contributed by atoms with Gasteiger partial charge >= 0.3 is 0 Å². The number of aryl methyl sites for hydroxylation is 2. The fraction of sp³-hybridized carbons (Fsp3) is 0.286. The van der Waals surface area contributed by atoms with Gasteiger partial charge in [-0.05, 0) is 55.7 Å². The maximum absolute atomic E-state index is 13.9. The van der Waals surface area contributed by atoms with E-state index in [1.807, 2.05) is 38.1 Å². The van der Waals surface area contributed by atoms with Gasteiger partial charge in [0.15, 0.2) is 0 Å². The molecule has 1 atom stereocenters. The number of hydrogen-bond acceptors (Lipinski definition) is 4. The van der Waals surface area contributed by atoms with Crippen molar-refractivity contribution in [2.24, 2.45) is 0 Å². The lowest BCUT2D eigenvalue weighted by molar-refractivity contribution is -0.140. The van der Waals surface area contributed by atoms with Gasteiger partial charge in [0, 0.05) is 18.6 Å². The quantitative estimate of drug-likeness (QED) is 0.403. The Labute approximate surface area is 224 Å². The number of amides is 2. The summed E-state index contributed by atoms with van der Waals surface area (Å²) in [5.74, 6) is -0.823. The summed E-state index contributed by atoms with van der Waals surface area (Å²) >= 11 is 6.24.